The molecule has 3 N–H and O–H groups in total. The fourth-order valence-corrected chi connectivity index (χ4v) is 2.00. The summed E-state index contributed by atoms with van der Waals surface area (Å²) in [5.74, 6) is 5.23. The minimum Gasteiger partial charge on any atom is -0.271 e. The summed E-state index contributed by atoms with van der Waals surface area (Å²) in [6.07, 6.45) is 5.03. The zero-order chi connectivity index (χ0) is 12.7. The molecule has 0 spiro atoms. The molecule has 2 nitrogen and oxygen atoms in total. The van der Waals surface area contributed by atoms with Gasteiger partial charge in [0, 0.05) is 11.1 Å². The van der Waals surface area contributed by atoms with Crippen molar-refractivity contribution >= 4 is 11.6 Å². The van der Waals surface area contributed by atoms with Crippen LogP contribution in [0.4, 0.5) is 4.39 Å². The Morgan fingerprint density at radius 3 is 2.76 bits per heavy atom. The molecule has 1 aromatic carbocycles. The van der Waals surface area contributed by atoms with Gasteiger partial charge >= 0.3 is 0 Å². The lowest BCUT2D eigenvalue weighted by molar-refractivity contribution is 0.458. The fraction of sp³-hybridized carbons (Fsp3) is 0.538. The molecule has 0 heterocycles. The first-order chi connectivity index (χ1) is 8.17. The van der Waals surface area contributed by atoms with Crippen molar-refractivity contribution in [1.82, 2.24) is 5.43 Å². The molecule has 0 saturated carbocycles. The summed E-state index contributed by atoms with van der Waals surface area (Å²) in [6, 6.07) is 4.90. The number of hydrazine groups is 1. The van der Waals surface area contributed by atoms with Crippen molar-refractivity contribution in [1.29, 1.82) is 0 Å². The number of halogens is 2. The third-order valence-corrected chi connectivity index (χ3v) is 3.11. The number of benzene rings is 1. The SMILES string of the molecule is CCCCCC(Cc1ccc(Cl)cc1F)NN. The largest absolute Gasteiger partial charge is 0.271 e. The molecule has 1 aromatic rings. The summed E-state index contributed by atoms with van der Waals surface area (Å²) < 4.78 is 13.6. The van der Waals surface area contributed by atoms with Crippen molar-refractivity contribution in [2.45, 2.75) is 45.1 Å². The van der Waals surface area contributed by atoms with Gasteiger partial charge in [-0.05, 0) is 30.5 Å². The zero-order valence-electron chi connectivity index (χ0n) is 10.2. The Morgan fingerprint density at radius 2 is 2.18 bits per heavy atom. The van der Waals surface area contributed by atoms with Crippen LogP contribution in [-0.4, -0.2) is 6.04 Å². The van der Waals surface area contributed by atoms with Crippen LogP contribution in [0.2, 0.25) is 5.02 Å². The molecule has 0 saturated heterocycles. The summed E-state index contributed by atoms with van der Waals surface area (Å²) in [7, 11) is 0. The first-order valence-electron chi connectivity index (χ1n) is 6.07. The summed E-state index contributed by atoms with van der Waals surface area (Å²) in [5, 5.41) is 0.425. The minimum absolute atomic E-state index is 0.122. The highest BCUT2D eigenvalue weighted by molar-refractivity contribution is 6.30. The van der Waals surface area contributed by atoms with Gasteiger partial charge in [-0.2, -0.15) is 0 Å². The first kappa shape index (κ1) is 14.4. The fourth-order valence-electron chi connectivity index (χ4n) is 1.84. The second kappa shape index (κ2) is 7.64. The predicted molar refractivity (Wildman–Crippen MR) is 70.4 cm³/mol. The molecule has 0 aliphatic carbocycles. The molecule has 0 aliphatic rings. The van der Waals surface area contributed by atoms with E-state index in [9.17, 15) is 4.39 Å². The lowest BCUT2D eigenvalue weighted by Crippen LogP contribution is -2.36. The van der Waals surface area contributed by atoms with Gasteiger partial charge in [0.2, 0.25) is 0 Å². The van der Waals surface area contributed by atoms with E-state index < -0.39 is 0 Å². The second-order valence-electron chi connectivity index (χ2n) is 4.30. The van der Waals surface area contributed by atoms with Crippen LogP contribution in [0.15, 0.2) is 18.2 Å². The highest BCUT2D eigenvalue weighted by Gasteiger charge is 2.11. The van der Waals surface area contributed by atoms with E-state index in [1.165, 1.54) is 18.9 Å². The Hall–Kier alpha value is -0.640. The van der Waals surface area contributed by atoms with Crippen LogP contribution in [0.1, 0.15) is 38.2 Å². The summed E-state index contributed by atoms with van der Waals surface area (Å²) in [6.45, 7) is 2.16. The molecule has 96 valence electrons. The monoisotopic (exact) mass is 258 g/mol. The molecular weight excluding hydrogens is 239 g/mol. The van der Waals surface area contributed by atoms with Gasteiger partial charge in [0.25, 0.3) is 0 Å². The van der Waals surface area contributed by atoms with Crippen LogP contribution in [-0.2, 0) is 6.42 Å². The molecular formula is C13H20ClFN2. The van der Waals surface area contributed by atoms with E-state index in [0.29, 0.717) is 17.0 Å². The Labute approximate surface area is 107 Å². The topological polar surface area (TPSA) is 38.0 Å². The van der Waals surface area contributed by atoms with Crippen LogP contribution in [0, 0.1) is 5.82 Å². The summed E-state index contributed by atoms with van der Waals surface area (Å²) in [4.78, 5) is 0. The summed E-state index contributed by atoms with van der Waals surface area (Å²) in [5.41, 5.74) is 3.41. The lowest BCUT2D eigenvalue weighted by Gasteiger charge is -2.16. The molecule has 0 aliphatic heterocycles. The molecule has 0 amide bonds. The van der Waals surface area contributed by atoms with E-state index >= 15 is 0 Å². The Bertz CT molecular complexity index is 344. The third kappa shape index (κ3) is 5.02. The molecule has 1 rings (SSSR count). The molecule has 0 fully saturated rings. The second-order valence-corrected chi connectivity index (χ2v) is 4.74. The minimum atomic E-state index is -0.256. The number of hydrogen-bond acceptors (Lipinski definition) is 2. The van der Waals surface area contributed by atoms with E-state index in [4.69, 9.17) is 17.4 Å². The van der Waals surface area contributed by atoms with Gasteiger partial charge in [-0.3, -0.25) is 11.3 Å². The van der Waals surface area contributed by atoms with E-state index in [1.807, 2.05) is 0 Å². The molecule has 0 aromatic heterocycles. The number of nitrogens with two attached hydrogens (primary N) is 1. The Balaban J connectivity index is 2.54. The average Bonchev–Trinajstić information content (AvgIpc) is 2.31. The van der Waals surface area contributed by atoms with Gasteiger partial charge in [0.15, 0.2) is 0 Å². The van der Waals surface area contributed by atoms with E-state index in [-0.39, 0.29) is 11.9 Å². The van der Waals surface area contributed by atoms with Crippen molar-refractivity contribution in [3.05, 3.63) is 34.6 Å². The third-order valence-electron chi connectivity index (χ3n) is 2.87. The normalized spacial score (nSPS) is 12.7. The van der Waals surface area contributed by atoms with Gasteiger partial charge in [0.05, 0.1) is 0 Å². The van der Waals surface area contributed by atoms with Gasteiger partial charge in [-0.25, -0.2) is 4.39 Å². The van der Waals surface area contributed by atoms with Crippen molar-refractivity contribution < 1.29 is 4.39 Å². The first-order valence-corrected chi connectivity index (χ1v) is 6.45. The smallest absolute Gasteiger partial charge is 0.127 e. The zero-order valence-corrected chi connectivity index (χ0v) is 10.9. The van der Waals surface area contributed by atoms with E-state index in [2.05, 4.69) is 12.3 Å². The average molecular weight is 259 g/mol. The van der Waals surface area contributed by atoms with Crippen LogP contribution >= 0.6 is 11.6 Å². The van der Waals surface area contributed by atoms with Gasteiger partial charge in [0.1, 0.15) is 5.82 Å². The van der Waals surface area contributed by atoms with E-state index in [0.717, 1.165) is 12.8 Å². The van der Waals surface area contributed by atoms with Crippen LogP contribution in [0.3, 0.4) is 0 Å². The van der Waals surface area contributed by atoms with Gasteiger partial charge in [-0.15, -0.1) is 0 Å². The van der Waals surface area contributed by atoms with Crippen LogP contribution in [0.25, 0.3) is 0 Å². The highest BCUT2D eigenvalue weighted by Crippen LogP contribution is 2.17. The predicted octanol–water partition coefficient (Wildman–Crippen LogP) is 3.43. The molecule has 1 unspecified atom stereocenters. The van der Waals surface area contributed by atoms with Crippen molar-refractivity contribution in [2.75, 3.05) is 0 Å². The summed E-state index contributed by atoms with van der Waals surface area (Å²) >= 11 is 5.71. The van der Waals surface area contributed by atoms with E-state index in [1.54, 1.807) is 12.1 Å². The van der Waals surface area contributed by atoms with Crippen molar-refractivity contribution in [3.63, 3.8) is 0 Å². The highest BCUT2D eigenvalue weighted by atomic mass is 35.5. The maximum Gasteiger partial charge on any atom is 0.127 e. The molecule has 1 atom stereocenters. The number of unbranched alkanes of at least 4 members (excludes halogenated alkanes) is 2. The quantitative estimate of drug-likeness (QED) is 0.447. The molecule has 4 heteroatoms. The Morgan fingerprint density at radius 1 is 1.41 bits per heavy atom. The van der Waals surface area contributed by atoms with Crippen molar-refractivity contribution in [3.8, 4) is 0 Å². The van der Waals surface area contributed by atoms with Crippen molar-refractivity contribution in [2.24, 2.45) is 5.84 Å². The molecule has 0 bridgehead atoms. The maximum absolute atomic E-state index is 13.6. The lowest BCUT2D eigenvalue weighted by atomic mass is 10.0. The standard InChI is InChI=1S/C13H20ClFN2/c1-2-3-4-5-12(17-16)8-10-6-7-11(14)9-13(10)15/h6-7,9,12,17H,2-5,8,16H2,1H3. The maximum atomic E-state index is 13.6. The molecule has 17 heavy (non-hydrogen) atoms. The number of hydrogen-bond donors (Lipinski definition) is 2. The Kier molecular flexibility index (Phi) is 6.48. The van der Waals surface area contributed by atoms with Crippen LogP contribution < -0.4 is 11.3 Å². The number of nitrogens with one attached hydrogen (secondary N) is 1. The van der Waals surface area contributed by atoms with Gasteiger partial charge in [-0.1, -0.05) is 43.9 Å². The van der Waals surface area contributed by atoms with Crippen LogP contribution in [0.5, 0.6) is 0 Å². The molecule has 0 radical (unpaired) electrons. The number of rotatable bonds is 7. The van der Waals surface area contributed by atoms with Gasteiger partial charge < -0.3 is 0 Å².